The zero-order valence-corrected chi connectivity index (χ0v) is 13.5. The summed E-state index contributed by atoms with van der Waals surface area (Å²) in [5.74, 6) is -0.495. The number of hydrogen-bond acceptors (Lipinski definition) is 2. The van der Waals surface area contributed by atoms with E-state index in [9.17, 15) is 14.0 Å². The number of rotatable bonds is 2. The molecule has 0 unspecified atom stereocenters. The monoisotopic (exact) mass is 326 g/mol. The third-order valence-electron chi connectivity index (χ3n) is 4.21. The van der Waals surface area contributed by atoms with Crippen LogP contribution in [-0.4, -0.2) is 47.8 Å². The van der Waals surface area contributed by atoms with Gasteiger partial charge < -0.3 is 9.80 Å². The van der Waals surface area contributed by atoms with Crippen molar-refractivity contribution in [1.82, 2.24) is 9.80 Å². The lowest BCUT2D eigenvalue weighted by atomic mass is 10.1. The highest BCUT2D eigenvalue weighted by atomic mass is 19.1. The molecule has 0 radical (unpaired) electrons. The van der Waals surface area contributed by atoms with Gasteiger partial charge >= 0.3 is 0 Å². The quantitative estimate of drug-likeness (QED) is 0.851. The van der Waals surface area contributed by atoms with Crippen molar-refractivity contribution >= 4 is 11.8 Å². The van der Waals surface area contributed by atoms with Crippen LogP contribution < -0.4 is 0 Å². The van der Waals surface area contributed by atoms with E-state index in [1.165, 1.54) is 24.3 Å². The largest absolute Gasteiger partial charge is 0.335 e. The lowest BCUT2D eigenvalue weighted by molar-refractivity contribution is 0.0535. The van der Waals surface area contributed by atoms with Crippen molar-refractivity contribution in [3.05, 3.63) is 71.0 Å². The number of carbonyl (C=O) groups excluding carboxylic acids is 2. The van der Waals surface area contributed by atoms with Gasteiger partial charge in [-0.05, 0) is 43.3 Å². The Balaban J connectivity index is 1.62. The normalized spacial score (nSPS) is 14.6. The molecular weight excluding hydrogens is 307 g/mol. The molecule has 0 atom stereocenters. The van der Waals surface area contributed by atoms with Crippen LogP contribution in [0, 0.1) is 12.7 Å². The van der Waals surface area contributed by atoms with Gasteiger partial charge in [-0.15, -0.1) is 0 Å². The number of halogens is 1. The van der Waals surface area contributed by atoms with Crippen molar-refractivity contribution in [2.75, 3.05) is 26.2 Å². The molecule has 4 nitrogen and oxygen atoms in total. The summed E-state index contributed by atoms with van der Waals surface area (Å²) in [7, 11) is 0. The van der Waals surface area contributed by atoms with E-state index in [1.54, 1.807) is 9.80 Å². The molecule has 24 heavy (non-hydrogen) atoms. The second kappa shape index (κ2) is 6.83. The summed E-state index contributed by atoms with van der Waals surface area (Å²) in [5.41, 5.74) is 2.19. The highest BCUT2D eigenvalue weighted by molar-refractivity contribution is 5.96. The van der Waals surface area contributed by atoms with Gasteiger partial charge in [-0.3, -0.25) is 9.59 Å². The molecule has 5 heteroatoms. The van der Waals surface area contributed by atoms with Crippen LogP contribution >= 0.6 is 0 Å². The molecule has 1 aliphatic heterocycles. The molecule has 2 aromatic rings. The number of amides is 2. The SMILES string of the molecule is Cc1cccc(C(=O)N2CCN(C(=O)c3ccc(F)cc3)CC2)c1. The number of carbonyl (C=O) groups is 2. The van der Waals surface area contributed by atoms with Crippen LogP contribution in [0.2, 0.25) is 0 Å². The second-order valence-corrected chi connectivity index (χ2v) is 5.96. The molecule has 0 spiro atoms. The predicted molar refractivity (Wildman–Crippen MR) is 89.4 cm³/mol. The van der Waals surface area contributed by atoms with Gasteiger partial charge in [0.25, 0.3) is 11.8 Å². The molecule has 0 N–H and O–H groups in total. The molecular formula is C19H19FN2O2. The zero-order valence-electron chi connectivity index (χ0n) is 13.5. The Kier molecular flexibility index (Phi) is 4.60. The average molecular weight is 326 g/mol. The standard InChI is InChI=1S/C19H19FN2O2/c1-14-3-2-4-16(13-14)19(24)22-11-9-21(10-12-22)18(23)15-5-7-17(20)8-6-15/h2-8,13H,9-12H2,1H3. The Morgan fingerprint density at radius 1 is 0.833 bits per heavy atom. The van der Waals surface area contributed by atoms with Crippen molar-refractivity contribution < 1.29 is 14.0 Å². The third-order valence-corrected chi connectivity index (χ3v) is 4.21. The predicted octanol–water partition coefficient (Wildman–Crippen LogP) is 2.73. The number of piperazine rings is 1. The fourth-order valence-electron chi connectivity index (χ4n) is 2.85. The second-order valence-electron chi connectivity index (χ2n) is 5.96. The fourth-order valence-corrected chi connectivity index (χ4v) is 2.85. The number of benzene rings is 2. The van der Waals surface area contributed by atoms with Crippen molar-refractivity contribution in [2.45, 2.75) is 6.92 Å². The highest BCUT2D eigenvalue weighted by Gasteiger charge is 2.25. The van der Waals surface area contributed by atoms with E-state index >= 15 is 0 Å². The molecule has 0 bridgehead atoms. The first-order valence-corrected chi connectivity index (χ1v) is 7.95. The van der Waals surface area contributed by atoms with Gasteiger partial charge in [0.15, 0.2) is 0 Å². The van der Waals surface area contributed by atoms with Crippen LogP contribution in [0.1, 0.15) is 26.3 Å². The van der Waals surface area contributed by atoms with E-state index in [4.69, 9.17) is 0 Å². The van der Waals surface area contributed by atoms with Crippen molar-refractivity contribution in [3.63, 3.8) is 0 Å². The minimum absolute atomic E-state index is 0.00687. The molecule has 3 rings (SSSR count). The summed E-state index contributed by atoms with van der Waals surface area (Å²) in [4.78, 5) is 28.4. The molecule has 1 heterocycles. The van der Waals surface area contributed by atoms with Gasteiger partial charge in [0.05, 0.1) is 0 Å². The summed E-state index contributed by atoms with van der Waals surface area (Å²) in [6.45, 7) is 3.91. The van der Waals surface area contributed by atoms with Crippen LogP contribution in [0.25, 0.3) is 0 Å². The maximum Gasteiger partial charge on any atom is 0.253 e. The smallest absolute Gasteiger partial charge is 0.253 e. The Labute approximate surface area is 140 Å². The lowest BCUT2D eigenvalue weighted by Crippen LogP contribution is -2.50. The number of nitrogens with zero attached hydrogens (tertiary/aromatic N) is 2. The molecule has 1 saturated heterocycles. The summed E-state index contributed by atoms with van der Waals surface area (Å²) in [6.07, 6.45) is 0. The van der Waals surface area contributed by atoms with Gasteiger partial charge in [0, 0.05) is 37.3 Å². The van der Waals surface area contributed by atoms with E-state index in [-0.39, 0.29) is 17.6 Å². The van der Waals surface area contributed by atoms with Crippen LogP contribution in [0.3, 0.4) is 0 Å². The highest BCUT2D eigenvalue weighted by Crippen LogP contribution is 2.13. The zero-order chi connectivity index (χ0) is 17.1. The van der Waals surface area contributed by atoms with E-state index in [2.05, 4.69) is 0 Å². The van der Waals surface area contributed by atoms with Crippen LogP contribution in [0.15, 0.2) is 48.5 Å². The minimum Gasteiger partial charge on any atom is -0.335 e. The Bertz CT molecular complexity index is 750. The maximum absolute atomic E-state index is 13.0. The van der Waals surface area contributed by atoms with E-state index in [0.29, 0.717) is 37.3 Å². The molecule has 0 aromatic heterocycles. The van der Waals surface area contributed by atoms with Gasteiger partial charge in [0.1, 0.15) is 5.82 Å². The Morgan fingerprint density at radius 2 is 1.38 bits per heavy atom. The van der Waals surface area contributed by atoms with Crippen molar-refractivity contribution in [1.29, 1.82) is 0 Å². The lowest BCUT2D eigenvalue weighted by Gasteiger charge is -2.35. The van der Waals surface area contributed by atoms with E-state index < -0.39 is 0 Å². The molecule has 1 fully saturated rings. The van der Waals surface area contributed by atoms with Crippen LogP contribution in [0.4, 0.5) is 4.39 Å². The molecule has 2 aromatic carbocycles. The van der Waals surface area contributed by atoms with E-state index in [0.717, 1.165) is 5.56 Å². The van der Waals surface area contributed by atoms with Gasteiger partial charge in [0.2, 0.25) is 0 Å². The van der Waals surface area contributed by atoms with Gasteiger partial charge in [-0.25, -0.2) is 4.39 Å². The molecule has 2 amide bonds. The van der Waals surface area contributed by atoms with Crippen LogP contribution in [-0.2, 0) is 0 Å². The maximum atomic E-state index is 13.0. The first-order valence-electron chi connectivity index (χ1n) is 7.95. The molecule has 124 valence electrons. The number of hydrogen-bond donors (Lipinski definition) is 0. The van der Waals surface area contributed by atoms with Gasteiger partial charge in [-0.2, -0.15) is 0 Å². The van der Waals surface area contributed by atoms with Crippen LogP contribution in [0.5, 0.6) is 0 Å². The summed E-state index contributed by atoms with van der Waals surface area (Å²) >= 11 is 0. The molecule has 0 saturated carbocycles. The first-order chi connectivity index (χ1) is 11.5. The Hall–Kier alpha value is -2.69. The fraction of sp³-hybridized carbons (Fsp3) is 0.263. The van der Waals surface area contributed by atoms with Gasteiger partial charge in [-0.1, -0.05) is 17.7 Å². The summed E-state index contributed by atoms with van der Waals surface area (Å²) < 4.78 is 13.0. The summed E-state index contributed by atoms with van der Waals surface area (Å²) in [6, 6.07) is 13.1. The van der Waals surface area contributed by atoms with Crippen molar-refractivity contribution in [2.24, 2.45) is 0 Å². The summed E-state index contributed by atoms with van der Waals surface area (Å²) in [5, 5.41) is 0. The minimum atomic E-state index is -0.361. The topological polar surface area (TPSA) is 40.6 Å². The van der Waals surface area contributed by atoms with E-state index in [1.807, 2.05) is 31.2 Å². The number of aryl methyl sites for hydroxylation is 1. The Morgan fingerprint density at radius 3 is 1.92 bits per heavy atom. The first kappa shape index (κ1) is 16.2. The van der Waals surface area contributed by atoms with Crippen molar-refractivity contribution in [3.8, 4) is 0 Å². The average Bonchev–Trinajstić information content (AvgIpc) is 2.61. The molecule has 1 aliphatic rings. The molecule has 0 aliphatic carbocycles. The third kappa shape index (κ3) is 3.45.